The van der Waals surface area contributed by atoms with Gasteiger partial charge in [-0.05, 0) is 19.4 Å². The van der Waals surface area contributed by atoms with Crippen LogP contribution in [-0.2, 0) is 9.59 Å². The molecule has 70 valence electrons. The van der Waals surface area contributed by atoms with E-state index in [4.69, 9.17) is 1.37 Å². The molecule has 2 amide bonds. The van der Waals surface area contributed by atoms with Gasteiger partial charge in [-0.1, -0.05) is 12.8 Å². The van der Waals surface area contributed by atoms with E-state index < -0.39 is 6.39 Å². The number of nitrogens with one attached hydrogen (secondary N) is 2. The van der Waals surface area contributed by atoms with Crippen molar-refractivity contribution in [2.45, 2.75) is 25.7 Å². The quantitative estimate of drug-likeness (QED) is 0.234. The van der Waals surface area contributed by atoms with Crippen LogP contribution in [0.15, 0.2) is 0 Å². The summed E-state index contributed by atoms with van der Waals surface area (Å²) in [7, 11) is 0. The van der Waals surface area contributed by atoms with E-state index in [9.17, 15) is 9.59 Å². The normalized spacial score (nSPS) is 10.2. The Morgan fingerprint density at radius 2 is 1.92 bits per heavy atom. The van der Waals surface area contributed by atoms with Gasteiger partial charge in [-0.25, -0.2) is 0 Å². The third kappa shape index (κ3) is 8.94. The second kappa shape index (κ2) is 9.94. The molecule has 0 aliphatic carbocycles. The zero-order chi connectivity index (χ0) is 9.94. The average molecular weight is 173 g/mol. The van der Waals surface area contributed by atoms with Crippen molar-refractivity contribution >= 4 is 12.8 Å². The van der Waals surface area contributed by atoms with Gasteiger partial charge in [0.2, 0.25) is 6.39 Å². The van der Waals surface area contributed by atoms with E-state index in [0.717, 1.165) is 25.7 Å². The fourth-order valence-corrected chi connectivity index (χ4v) is 0.882. The van der Waals surface area contributed by atoms with Gasteiger partial charge in [0.1, 0.15) is 1.37 Å². The molecule has 0 aromatic rings. The first kappa shape index (κ1) is 9.03. The summed E-state index contributed by atoms with van der Waals surface area (Å²) in [5.41, 5.74) is 0. The van der Waals surface area contributed by atoms with Crippen molar-refractivity contribution in [2.24, 2.45) is 0 Å². The van der Waals surface area contributed by atoms with E-state index in [-0.39, 0.29) is 0 Å². The lowest BCUT2D eigenvalue weighted by molar-refractivity contribution is -0.109. The number of hydrogen-bond donors (Lipinski definition) is 2. The maximum Gasteiger partial charge on any atom is 0.207 e. The molecule has 0 atom stereocenters. The highest BCUT2D eigenvalue weighted by Crippen LogP contribution is 1.96. The maximum absolute atomic E-state index is 10.1. The summed E-state index contributed by atoms with van der Waals surface area (Å²) in [5.74, 6) is 0. The number of rotatable bonds is 8. The Balaban J connectivity index is 2.91. The number of unbranched alkanes of at least 4 members (excludes halogenated alkanes) is 3. The summed E-state index contributed by atoms with van der Waals surface area (Å²) in [5, 5.41) is 4.85. The Kier molecular flexibility index (Phi) is 7.48. The topological polar surface area (TPSA) is 58.2 Å². The third-order valence-electron chi connectivity index (χ3n) is 1.50. The second-order valence-electron chi connectivity index (χ2n) is 2.47. The molecule has 0 rings (SSSR count). The molecule has 0 radical (unpaired) electrons. The molecule has 0 fully saturated rings. The minimum atomic E-state index is -0.725. The van der Waals surface area contributed by atoms with Crippen LogP contribution >= 0.6 is 0 Å². The molecule has 4 heteroatoms. The van der Waals surface area contributed by atoms with E-state index in [0.29, 0.717) is 13.1 Å². The Hall–Kier alpha value is -1.06. The Labute approximate surface area is 74.1 Å². The summed E-state index contributed by atoms with van der Waals surface area (Å²) in [6, 6.07) is 0. The zero-order valence-corrected chi connectivity index (χ0v) is 7.06. The fourth-order valence-electron chi connectivity index (χ4n) is 0.882. The van der Waals surface area contributed by atoms with E-state index in [1.54, 1.807) is 6.41 Å². The van der Waals surface area contributed by atoms with Crippen molar-refractivity contribution in [3.05, 3.63) is 0 Å². The van der Waals surface area contributed by atoms with Crippen LogP contribution < -0.4 is 10.6 Å². The third-order valence-corrected chi connectivity index (χ3v) is 1.50. The van der Waals surface area contributed by atoms with E-state index >= 15 is 0 Å². The van der Waals surface area contributed by atoms with Crippen molar-refractivity contribution in [2.75, 3.05) is 13.1 Å². The molecular formula is C8H15N2O2-. The first-order valence-corrected chi connectivity index (χ1v) is 4.12. The van der Waals surface area contributed by atoms with Gasteiger partial charge < -0.3 is 15.4 Å². The Bertz CT molecular complexity index is 153. The van der Waals surface area contributed by atoms with Crippen molar-refractivity contribution in [3.8, 4) is 0 Å². The highest BCUT2D eigenvalue weighted by molar-refractivity contribution is 5.46. The van der Waals surface area contributed by atoms with E-state index in [1.807, 2.05) is 0 Å². The number of amides is 2. The highest BCUT2D eigenvalue weighted by atomic mass is 16.1. The molecule has 12 heavy (non-hydrogen) atoms. The van der Waals surface area contributed by atoms with Crippen LogP contribution in [0, 0.1) is 0 Å². The van der Waals surface area contributed by atoms with Crippen LogP contribution in [0.25, 0.3) is 0 Å². The second-order valence-corrected chi connectivity index (χ2v) is 2.47. The van der Waals surface area contributed by atoms with E-state index in [1.165, 1.54) is 0 Å². The summed E-state index contributed by atoms with van der Waals surface area (Å²) < 4.78 is 6.55. The number of carbonyl (C=O) groups excluding carboxylic acids is 2. The van der Waals surface area contributed by atoms with Crippen molar-refractivity contribution in [3.63, 3.8) is 0 Å². The molecule has 4 nitrogen and oxygen atoms in total. The molecule has 0 saturated carbocycles. The van der Waals surface area contributed by atoms with Crippen molar-refractivity contribution < 1.29 is 11.0 Å². The number of hydrogen-bond acceptors (Lipinski definition) is 2. The SMILES string of the molecule is [3H]C(=O)NCCCCCCN[C-]=O. The molecule has 0 aliphatic heterocycles. The zero-order valence-electron chi connectivity index (χ0n) is 8.06. The minimum absolute atomic E-state index is 0.565. The first-order valence-electron chi connectivity index (χ1n) is 4.62. The maximum atomic E-state index is 10.1. The molecule has 0 saturated heterocycles. The van der Waals surface area contributed by atoms with Gasteiger partial charge >= 0.3 is 0 Å². The molecule has 0 spiro atoms. The summed E-state index contributed by atoms with van der Waals surface area (Å²) in [6.07, 6.45) is 4.71. The largest absolute Gasteiger partial charge is 0.530 e. The fraction of sp³-hybridized carbons (Fsp3) is 0.750. The van der Waals surface area contributed by atoms with Crippen LogP contribution in [0.3, 0.4) is 0 Å². The molecule has 0 bridgehead atoms. The molecule has 0 aromatic heterocycles. The lowest BCUT2D eigenvalue weighted by atomic mass is 10.2. The van der Waals surface area contributed by atoms with Crippen LogP contribution in [-0.4, -0.2) is 25.9 Å². The van der Waals surface area contributed by atoms with Gasteiger partial charge in [-0.2, -0.15) is 6.41 Å². The van der Waals surface area contributed by atoms with Crippen LogP contribution in [0.5, 0.6) is 0 Å². The average Bonchev–Trinajstić information content (AvgIpc) is 2.09. The summed E-state index contributed by atoms with van der Waals surface area (Å²) >= 11 is 0. The first-order chi connectivity index (χ1) is 6.27. The smallest absolute Gasteiger partial charge is 0.207 e. The molecule has 0 aromatic carbocycles. The standard InChI is InChI=1S/C8H15N2O2/c11-7-9-5-3-1-2-4-6-10-8-12/h7H,1-6H2,(H,9,11)(H,10,12)/q-1/i7T. The highest BCUT2D eigenvalue weighted by Gasteiger charge is 1.87. The van der Waals surface area contributed by atoms with Crippen molar-refractivity contribution in [1.29, 1.82) is 0 Å². The van der Waals surface area contributed by atoms with Crippen LogP contribution in [0.1, 0.15) is 27.1 Å². The van der Waals surface area contributed by atoms with Gasteiger partial charge in [0.15, 0.2) is 0 Å². The Morgan fingerprint density at radius 3 is 2.50 bits per heavy atom. The van der Waals surface area contributed by atoms with Gasteiger partial charge in [-0.3, -0.25) is 4.79 Å². The summed E-state index contributed by atoms with van der Waals surface area (Å²) in [4.78, 5) is 19.8. The molecule has 2 N–H and O–H groups in total. The van der Waals surface area contributed by atoms with Crippen LogP contribution in [0.4, 0.5) is 0 Å². The molecule has 0 aliphatic rings. The molecular weight excluding hydrogens is 156 g/mol. The minimum Gasteiger partial charge on any atom is -0.530 e. The predicted molar refractivity (Wildman–Crippen MR) is 46.2 cm³/mol. The van der Waals surface area contributed by atoms with Crippen LogP contribution in [0.2, 0.25) is 0 Å². The van der Waals surface area contributed by atoms with Gasteiger partial charge in [0.25, 0.3) is 0 Å². The lowest BCUT2D eigenvalue weighted by Gasteiger charge is -2.05. The van der Waals surface area contributed by atoms with Gasteiger partial charge in [0.05, 0.1) is 0 Å². The van der Waals surface area contributed by atoms with Gasteiger partial charge in [-0.15, -0.1) is 0 Å². The molecule has 0 unspecified atom stereocenters. The number of carbonyl (C=O) groups is 1. The lowest BCUT2D eigenvalue weighted by Crippen LogP contribution is -2.13. The summed E-state index contributed by atoms with van der Waals surface area (Å²) in [6.45, 7) is 1.23. The monoisotopic (exact) mass is 173 g/mol. The van der Waals surface area contributed by atoms with Crippen molar-refractivity contribution in [1.82, 2.24) is 10.6 Å². The predicted octanol–water partition coefficient (Wildman–Crippen LogP) is -0.0504. The molecule has 0 heterocycles. The van der Waals surface area contributed by atoms with E-state index in [2.05, 4.69) is 10.6 Å². The van der Waals surface area contributed by atoms with Gasteiger partial charge in [0, 0.05) is 6.54 Å². The Morgan fingerprint density at radius 1 is 1.25 bits per heavy atom.